The molecular formula is C9H10O2S. The summed E-state index contributed by atoms with van der Waals surface area (Å²) in [5.41, 5.74) is 0.632. The summed E-state index contributed by atoms with van der Waals surface area (Å²) in [6.07, 6.45) is 1.53. The molecule has 0 N–H and O–H groups in total. The summed E-state index contributed by atoms with van der Waals surface area (Å²) in [4.78, 5) is 11.3. The van der Waals surface area contributed by atoms with Crippen molar-refractivity contribution >= 4 is 16.6 Å². The second-order valence-electron chi connectivity index (χ2n) is 2.51. The van der Waals surface area contributed by atoms with Gasteiger partial charge < -0.3 is 0 Å². The predicted molar refractivity (Wildman–Crippen MR) is 49.7 cm³/mol. The van der Waals surface area contributed by atoms with E-state index in [1.807, 2.05) is 6.07 Å². The Morgan fingerprint density at radius 2 is 1.92 bits per heavy atom. The summed E-state index contributed by atoms with van der Waals surface area (Å²) in [6, 6.07) is 8.90. The van der Waals surface area contributed by atoms with Crippen molar-refractivity contribution < 1.29 is 9.00 Å². The first kappa shape index (κ1) is 9.13. The molecule has 64 valence electrons. The zero-order valence-corrected chi connectivity index (χ0v) is 7.64. The number of carbonyl (C=O) groups excluding carboxylic acids is 1. The van der Waals surface area contributed by atoms with Crippen LogP contribution in [-0.2, 0) is 10.8 Å². The first-order valence-electron chi connectivity index (χ1n) is 3.58. The monoisotopic (exact) mass is 182 g/mol. The van der Waals surface area contributed by atoms with Gasteiger partial charge in [0.1, 0.15) is 0 Å². The fraction of sp³-hybridized carbons (Fsp3) is 0.222. The molecule has 0 aromatic heterocycles. The number of ketones is 1. The molecule has 0 heterocycles. The Hall–Kier alpha value is -0.960. The van der Waals surface area contributed by atoms with Gasteiger partial charge in [0.2, 0.25) is 0 Å². The van der Waals surface area contributed by atoms with Crippen molar-refractivity contribution in [1.82, 2.24) is 0 Å². The van der Waals surface area contributed by atoms with Crippen LogP contribution in [0.3, 0.4) is 0 Å². The van der Waals surface area contributed by atoms with Crippen LogP contribution >= 0.6 is 0 Å². The minimum Gasteiger partial charge on any atom is -0.293 e. The lowest BCUT2D eigenvalue weighted by atomic mass is 10.2. The van der Waals surface area contributed by atoms with Gasteiger partial charge in [-0.1, -0.05) is 30.3 Å². The lowest BCUT2D eigenvalue weighted by Gasteiger charge is -1.96. The zero-order chi connectivity index (χ0) is 8.97. The summed E-state index contributed by atoms with van der Waals surface area (Å²) in [5.74, 6) is 0.0562. The van der Waals surface area contributed by atoms with Gasteiger partial charge in [0.05, 0.1) is 5.75 Å². The second-order valence-corrected chi connectivity index (χ2v) is 3.94. The van der Waals surface area contributed by atoms with Crippen molar-refractivity contribution in [2.45, 2.75) is 0 Å². The molecule has 0 bridgehead atoms. The fourth-order valence-electron chi connectivity index (χ4n) is 0.892. The van der Waals surface area contributed by atoms with Gasteiger partial charge in [-0.05, 0) is 0 Å². The molecule has 3 heteroatoms. The normalized spacial score (nSPS) is 12.4. The van der Waals surface area contributed by atoms with Crippen LogP contribution in [0.2, 0.25) is 0 Å². The van der Waals surface area contributed by atoms with E-state index in [1.165, 1.54) is 6.26 Å². The van der Waals surface area contributed by atoms with Crippen LogP contribution in [0.4, 0.5) is 0 Å². The smallest absolute Gasteiger partial charge is 0.175 e. The summed E-state index contributed by atoms with van der Waals surface area (Å²) in [6.45, 7) is 0. The molecule has 0 amide bonds. The molecule has 0 unspecified atom stereocenters. The van der Waals surface area contributed by atoms with Crippen molar-refractivity contribution in [1.29, 1.82) is 0 Å². The van der Waals surface area contributed by atoms with Crippen molar-refractivity contribution in [2.75, 3.05) is 12.0 Å². The van der Waals surface area contributed by atoms with Crippen molar-refractivity contribution in [3.05, 3.63) is 35.9 Å². The number of benzene rings is 1. The van der Waals surface area contributed by atoms with E-state index in [4.69, 9.17) is 0 Å². The van der Waals surface area contributed by atoms with E-state index in [2.05, 4.69) is 0 Å². The minimum atomic E-state index is -1.05. The van der Waals surface area contributed by atoms with Crippen LogP contribution in [0.5, 0.6) is 0 Å². The van der Waals surface area contributed by atoms with E-state index < -0.39 is 10.8 Å². The molecule has 0 spiro atoms. The summed E-state index contributed by atoms with van der Waals surface area (Å²) < 4.78 is 10.7. The van der Waals surface area contributed by atoms with Gasteiger partial charge in [-0.25, -0.2) is 0 Å². The quantitative estimate of drug-likeness (QED) is 0.659. The van der Waals surface area contributed by atoms with E-state index in [0.29, 0.717) is 5.56 Å². The number of rotatable bonds is 3. The van der Waals surface area contributed by atoms with Crippen molar-refractivity contribution in [2.24, 2.45) is 0 Å². The summed E-state index contributed by atoms with van der Waals surface area (Å²) in [5, 5.41) is 0. The highest BCUT2D eigenvalue weighted by Gasteiger charge is 2.05. The largest absolute Gasteiger partial charge is 0.293 e. The second kappa shape index (κ2) is 4.16. The Bertz CT molecular complexity index is 293. The molecule has 0 saturated carbocycles. The summed E-state index contributed by atoms with van der Waals surface area (Å²) in [7, 11) is -1.05. The standard InChI is InChI=1S/C9H10O2S/c1-12(11)7-9(10)8-5-3-2-4-6-8/h2-6H,7H2,1H3/t12-/m1/s1. The van der Waals surface area contributed by atoms with Crippen LogP contribution in [0, 0.1) is 0 Å². The third-order valence-electron chi connectivity index (χ3n) is 1.43. The first-order chi connectivity index (χ1) is 5.70. The lowest BCUT2D eigenvalue weighted by Crippen LogP contribution is -2.09. The van der Waals surface area contributed by atoms with Gasteiger partial charge in [0, 0.05) is 22.6 Å². The van der Waals surface area contributed by atoms with Crippen LogP contribution in [0.1, 0.15) is 10.4 Å². The molecule has 0 aliphatic carbocycles. The third-order valence-corrected chi connectivity index (χ3v) is 2.10. The highest BCUT2D eigenvalue weighted by atomic mass is 32.2. The van der Waals surface area contributed by atoms with Crippen molar-refractivity contribution in [3.8, 4) is 0 Å². The Labute approximate surface area is 74.1 Å². The lowest BCUT2D eigenvalue weighted by molar-refractivity contribution is 0.102. The molecule has 0 fully saturated rings. The molecule has 0 aliphatic heterocycles. The molecule has 1 rings (SSSR count). The number of hydrogen-bond acceptors (Lipinski definition) is 2. The van der Waals surface area contributed by atoms with Gasteiger partial charge in [0.25, 0.3) is 0 Å². The minimum absolute atomic E-state index is 0.0589. The fourth-order valence-corrected chi connectivity index (χ4v) is 1.43. The van der Waals surface area contributed by atoms with Gasteiger partial charge in [0.15, 0.2) is 5.78 Å². The summed E-state index contributed by atoms with van der Waals surface area (Å²) >= 11 is 0. The van der Waals surface area contributed by atoms with E-state index >= 15 is 0 Å². The third kappa shape index (κ3) is 2.58. The maximum absolute atomic E-state index is 11.3. The molecule has 0 aliphatic rings. The average molecular weight is 182 g/mol. The van der Waals surface area contributed by atoms with Crippen LogP contribution in [-0.4, -0.2) is 22.0 Å². The molecule has 1 aromatic carbocycles. The molecule has 2 nitrogen and oxygen atoms in total. The molecule has 0 saturated heterocycles. The van der Waals surface area contributed by atoms with E-state index in [-0.39, 0.29) is 11.5 Å². The van der Waals surface area contributed by atoms with Crippen LogP contribution in [0.25, 0.3) is 0 Å². The molecular weight excluding hydrogens is 172 g/mol. The molecule has 0 radical (unpaired) electrons. The van der Waals surface area contributed by atoms with Gasteiger partial charge >= 0.3 is 0 Å². The van der Waals surface area contributed by atoms with Gasteiger partial charge in [-0.3, -0.25) is 9.00 Å². The molecule has 12 heavy (non-hydrogen) atoms. The highest BCUT2D eigenvalue weighted by molar-refractivity contribution is 7.85. The van der Waals surface area contributed by atoms with E-state index in [9.17, 15) is 9.00 Å². The predicted octanol–water partition coefficient (Wildman–Crippen LogP) is 1.25. The van der Waals surface area contributed by atoms with Gasteiger partial charge in [-0.2, -0.15) is 0 Å². The zero-order valence-electron chi connectivity index (χ0n) is 6.82. The Morgan fingerprint density at radius 3 is 2.42 bits per heavy atom. The molecule has 1 atom stereocenters. The maximum atomic E-state index is 11.3. The Morgan fingerprint density at radius 1 is 1.33 bits per heavy atom. The van der Waals surface area contributed by atoms with Crippen LogP contribution < -0.4 is 0 Å². The van der Waals surface area contributed by atoms with Crippen molar-refractivity contribution in [3.63, 3.8) is 0 Å². The number of Topliss-reactive ketones (excluding diaryl/α,β-unsaturated/α-hetero) is 1. The van der Waals surface area contributed by atoms with E-state index in [0.717, 1.165) is 0 Å². The SMILES string of the molecule is C[S@@](=O)CC(=O)c1ccccc1. The maximum Gasteiger partial charge on any atom is 0.175 e. The van der Waals surface area contributed by atoms with Crippen LogP contribution in [0.15, 0.2) is 30.3 Å². The average Bonchev–Trinajstić information content (AvgIpc) is 2.05. The topological polar surface area (TPSA) is 34.1 Å². The first-order valence-corrected chi connectivity index (χ1v) is 5.31. The Balaban J connectivity index is 2.73. The Kier molecular flexibility index (Phi) is 3.17. The molecule has 1 aromatic rings. The highest BCUT2D eigenvalue weighted by Crippen LogP contribution is 2.00. The number of carbonyl (C=O) groups is 1. The number of hydrogen-bond donors (Lipinski definition) is 0. The van der Waals surface area contributed by atoms with E-state index in [1.54, 1.807) is 24.3 Å². The van der Waals surface area contributed by atoms with Gasteiger partial charge in [-0.15, -0.1) is 0 Å².